The third-order valence-corrected chi connectivity index (χ3v) is 5.63. The number of nitrogens with one attached hydrogen (secondary N) is 1. The second-order valence-corrected chi connectivity index (χ2v) is 7.54. The quantitative estimate of drug-likeness (QED) is 0.599. The molecule has 1 N–H and O–H groups in total. The Hall–Kier alpha value is -2.97. The van der Waals surface area contributed by atoms with Crippen molar-refractivity contribution in [3.05, 3.63) is 64.4 Å². The van der Waals surface area contributed by atoms with Crippen LogP contribution in [0.15, 0.2) is 53.2 Å². The second kappa shape index (κ2) is 8.81. The highest BCUT2D eigenvalue weighted by Gasteiger charge is 2.28. The molecule has 1 atom stereocenters. The highest BCUT2D eigenvalue weighted by atomic mass is 32.1. The fourth-order valence-electron chi connectivity index (χ4n) is 2.61. The van der Waals surface area contributed by atoms with Crippen LogP contribution in [-0.4, -0.2) is 25.0 Å². The number of ether oxygens (including phenoxy) is 2. The monoisotopic (exact) mass is 415 g/mol. The summed E-state index contributed by atoms with van der Waals surface area (Å²) < 4.78 is 10.1. The predicted octanol–water partition coefficient (Wildman–Crippen LogP) is 4.51. The molecule has 3 aromatic rings. The van der Waals surface area contributed by atoms with Crippen LogP contribution in [0.25, 0.3) is 10.4 Å². The fourth-order valence-corrected chi connectivity index (χ4v) is 4.39. The van der Waals surface area contributed by atoms with Crippen LogP contribution in [0.2, 0.25) is 0 Å². The van der Waals surface area contributed by atoms with Gasteiger partial charge in [-0.3, -0.25) is 9.59 Å². The average molecular weight is 415 g/mol. The van der Waals surface area contributed by atoms with Crippen LogP contribution >= 0.6 is 22.7 Å². The summed E-state index contributed by atoms with van der Waals surface area (Å²) in [7, 11) is 1.29. The normalized spacial score (nSPS) is 11.5. The zero-order chi connectivity index (χ0) is 20.1. The molecule has 0 saturated carbocycles. The lowest BCUT2D eigenvalue weighted by Gasteiger charge is -2.17. The number of benzene rings is 1. The van der Waals surface area contributed by atoms with Crippen molar-refractivity contribution in [2.45, 2.75) is 13.0 Å². The van der Waals surface area contributed by atoms with E-state index in [9.17, 15) is 14.4 Å². The van der Waals surface area contributed by atoms with Gasteiger partial charge < -0.3 is 14.8 Å². The molecule has 1 aromatic carbocycles. The third-order valence-electron chi connectivity index (χ3n) is 3.83. The van der Waals surface area contributed by atoms with Crippen LogP contribution in [0.4, 0.5) is 5.00 Å². The minimum absolute atomic E-state index is 0.276. The second-order valence-electron chi connectivity index (χ2n) is 5.71. The summed E-state index contributed by atoms with van der Waals surface area (Å²) >= 11 is 2.69. The molecule has 0 fully saturated rings. The lowest BCUT2D eigenvalue weighted by molar-refractivity contribution is -0.152. The number of anilines is 1. The number of rotatable bonds is 6. The van der Waals surface area contributed by atoms with Crippen molar-refractivity contribution in [1.29, 1.82) is 0 Å². The molecule has 0 aliphatic carbocycles. The van der Waals surface area contributed by atoms with Crippen molar-refractivity contribution < 1.29 is 23.9 Å². The first-order valence-electron chi connectivity index (χ1n) is 8.28. The van der Waals surface area contributed by atoms with Gasteiger partial charge in [0.1, 0.15) is 10.6 Å². The van der Waals surface area contributed by atoms with E-state index in [0.29, 0.717) is 16.1 Å². The molecular formula is C20H17NO5S2. The first kappa shape index (κ1) is 19.8. The standard InChI is InChI=1S/C20H17NO5S2/c1-12(22)26-17(13-7-4-3-5-8-13)18(23)21-19-16(20(24)25-2)14(11-28-19)15-9-6-10-27-15/h3-11,17H,1-2H3,(H,21,23). The largest absolute Gasteiger partial charge is 0.465 e. The van der Waals surface area contributed by atoms with Gasteiger partial charge in [0.15, 0.2) is 0 Å². The van der Waals surface area contributed by atoms with E-state index in [0.717, 1.165) is 4.88 Å². The molecule has 0 aliphatic rings. The molecule has 3 rings (SSSR count). The van der Waals surface area contributed by atoms with Crippen molar-refractivity contribution in [3.63, 3.8) is 0 Å². The Kier molecular flexibility index (Phi) is 6.23. The highest BCUT2D eigenvalue weighted by molar-refractivity contribution is 7.17. The van der Waals surface area contributed by atoms with Gasteiger partial charge in [-0.2, -0.15) is 0 Å². The van der Waals surface area contributed by atoms with E-state index in [1.807, 2.05) is 17.5 Å². The summed E-state index contributed by atoms with van der Waals surface area (Å²) in [6.45, 7) is 1.24. The summed E-state index contributed by atoms with van der Waals surface area (Å²) in [5, 5.41) is 6.75. The molecule has 0 radical (unpaired) electrons. The number of amides is 1. The van der Waals surface area contributed by atoms with E-state index in [4.69, 9.17) is 9.47 Å². The SMILES string of the molecule is COC(=O)c1c(-c2cccs2)csc1NC(=O)C(OC(C)=O)c1ccccc1. The minimum atomic E-state index is -1.13. The van der Waals surface area contributed by atoms with Gasteiger partial charge in [0.05, 0.1) is 7.11 Å². The first-order chi connectivity index (χ1) is 13.5. The van der Waals surface area contributed by atoms with Crippen molar-refractivity contribution in [3.8, 4) is 10.4 Å². The molecule has 0 aliphatic heterocycles. The number of carbonyl (C=O) groups excluding carboxylic acids is 3. The summed E-state index contributed by atoms with van der Waals surface area (Å²) in [6, 6.07) is 12.4. The van der Waals surface area contributed by atoms with Gasteiger partial charge >= 0.3 is 11.9 Å². The van der Waals surface area contributed by atoms with Gasteiger partial charge in [0.2, 0.25) is 6.10 Å². The average Bonchev–Trinajstić information content (AvgIpc) is 3.35. The molecule has 2 aromatic heterocycles. The Morgan fingerprint density at radius 2 is 1.79 bits per heavy atom. The number of thiophene rings is 2. The third kappa shape index (κ3) is 4.29. The molecule has 144 valence electrons. The smallest absolute Gasteiger partial charge is 0.341 e. The van der Waals surface area contributed by atoms with Crippen LogP contribution in [0.3, 0.4) is 0 Å². The maximum Gasteiger partial charge on any atom is 0.341 e. The number of methoxy groups -OCH3 is 1. The molecule has 8 heteroatoms. The van der Waals surface area contributed by atoms with Crippen LogP contribution < -0.4 is 5.32 Å². The van der Waals surface area contributed by atoms with Crippen LogP contribution in [0.1, 0.15) is 28.9 Å². The minimum Gasteiger partial charge on any atom is -0.465 e. The topological polar surface area (TPSA) is 81.7 Å². The van der Waals surface area contributed by atoms with Gasteiger partial charge in [-0.05, 0) is 11.4 Å². The van der Waals surface area contributed by atoms with Gasteiger partial charge in [-0.15, -0.1) is 22.7 Å². The Morgan fingerprint density at radius 1 is 1.04 bits per heavy atom. The van der Waals surface area contributed by atoms with Crippen molar-refractivity contribution in [2.24, 2.45) is 0 Å². The van der Waals surface area contributed by atoms with Crippen LogP contribution in [0.5, 0.6) is 0 Å². The maximum atomic E-state index is 12.9. The molecule has 28 heavy (non-hydrogen) atoms. The van der Waals surface area contributed by atoms with E-state index in [2.05, 4.69) is 5.32 Å². The van der Waals surface area contributed by atoms with Gasteiger partial charge in [0, 0.05) is 28.3 Å². The number of hydrogen-bond donors (Lipinski definition) is 1. The predicted molar refractivity (Wildman–Crippen MR) is 109 cm³/mol. The summed E-state index contributed by atoms with van der Waals surface area (Å²) in [5.41, 5.74) is 1.49. The number of esters is 2. The molecule has 6 nitrogen and oxygen atoms in total. The van der Waals surface area contributed by atoms with Crippen molar-refractivity contribution in [1.82, 2.24) is 0 Å². The zero-order valence-corrected chi connectivity index (χ0v) is 16.8. The Bertz CT molecular complexity index is 979. The Morgan fingerprint density at radius 3 is 2.39 bits per heavy atom. The molecule has 0 spiro atoms. The van der Waals surface area contributed by atoms with Crippen LogP contribution in [0, 0.1) is 0 Å². The number of hydrogen-bond acceptors (Lipinski definition) is 7. The van der Waals surface area contributed by atoms with E-state index in [1.54, 1.807) is 35.7 Å². The Labute approximate surface area is 169 Å². The zero-order valence-electron chi connectivity index (χ0n) is 15.1. The molecule has 1 amide bonds. The number of carbonyl (C=O) groups is 3. The Balaban J connectivity index is 1.94. The lowest BCUT2D eigenvalue weighted by Crippen LogP contribution is -2.25. The van der Waals surface area contributed by atoms with Crippen molar-refractivity contribution in [2.75, 3.05) is 12.4 Å². The molecule has 1 unspecified atom stereocenters. The first-order valence-corrected chi connectivity index (χ1v) is 10.0. The highest BCUT2D eigenvalue weighted by Crippen LogP contribution is 2.38. The molecule has 0 bridgehead atoms. The van der Waals surface area contributed by atoms with E-state index in [-0.39, 0.29) is 5.56 Å². The van der Waals surface area contributed by atoms with Gasteiger partial charge in [-0.1, -0.05) is 36.4 Å². The fraction of sp³-hybridized carbons (Fsp3) is 0.150. The lowest BCUT2D eigenvalue weighted by atomic mass is 10.1. The van der Waals surface area contributed by atoms with E-state index < -0.39 is 23.9 Å². The van der Waals surface area contributed by atoms with Gasteiger partial charge in [-0.25, -0.2) is 4.79 Å². The summed E-state index contributed by atoms with van der Waals surface area (Å²) in [4.78, 5) is 37.6. The van der Waals surface area contributed by atoms with Crippen LogP contribution in [-0.2, 0) is 19.1 Å². The van der Waals surface area contributed by atoms with Crippen molar-refractivity contribution >= 4 is 45.5 Å². The summed E-state index contributed by atoms with van der Waals surface area (Å²) in [5.74, 6) is -1.68. The summed E-state index contributed by atoms with van der Waals surface area (Å²) in [6.07, 6.45) is -1.13. The maximum absolute atomic E-state index is 12.9. The van der Waals surface area contributed by atoms with Gasteiger partial charge in [0.25, 0.3) is 5.91 Å². The van der Waals surface area contributed by atoms with E-state index in [1.165, 1.54) is 36.7 Å². The molecule has 0 saturated heterocycles. The molecular weight excluding hydrogens is 398 g/mol. The van der Waals surface area contributed by atoms with E-state index >= 15 is 0 Å². The molecule has 2 heterocycles.